The van der Waals surface area contributed by atoms with Crippen molar-refractivity contribution in [1.29, 1.82) is 0 Å². The van der Waals surface area contributed by atoms with Gasteiger partial charge in [0.2, 0.25) is 0 Å². The molecule has 1 saturated carbocycles. The number of hydrogen-bond acceptors (Lipinski definition) is 2. The summed E-state index contributed by atoms with van der Waals surface area (Å²) in [5.41, 5.74) is 1.36. The number of aliphatic carboxylic acids is 1. The fourth-order valence-corrected chi connectivity index (χ4v) is 2.70. The zero-order chi connectivity index (χ0) is 14.5. The molecule has 3 rings (SSSR count). The second kappa shape index (κ2) is 6.51. The van der Waals surface area contributed by atoms with Crippen LogP contribution in [-0.4, -0.2) is 5.97 Å². The molecule has 2 nitrogen and oxygen atoms in total. The van der Waals surface area contributed by atoms with Gasteiger partial charge in [0.15, 0.2) is 0 Å². The highest BCUT2D eigenvalue weighted by molar-refractivity contribution is 5.83. The molecule has 0 spiro atoms. The minimum Gasteiger partial charge on any atom is -0.545 e. The Morgan fingerprint density at radius 2 is 1.95 bits per heavy atom. The summed E-state index contributed by atoms with van der Waals surface area (Å²) in [4.78, 5) is 10.1. The molecule has 0 aliphatic heterocycles. The van der Waals surface area contributed by atoms with E-state index in [4.69, 9.17) is 0 Å². The molecule has 2 aliphatic rings. The van der Waals surface area contributed by atoms with Gasteiger partial charge < -0.3 is 9.90 Å². The summed E-state index contributed by atoms with van der Waals surface area (Å²) in [6, 6.07) is 4.14. The molecule has 3 heteroatoms. The van der Waals surface area contributed by atoms with Crippen LogP contribution >= 0.6 is 0 Å². The van der Waals surface area contributed by atoms with E-state index >= 15 is 0 Å². The van der Waals surface area contributed by atoms with Gasteiger partial charge in [-0.15, -0.1) is 0 Å². The topological polar surface area (TPSA) is 40.1 Å². The van der Waals surface area contributed by atoms with Crippen LogP contribution in [0.2, 0.25) is 0 Å². The van der Waals surface area contributed by atoms with Crippen LogP contribution in [-0.2, 0) is 4.79 Å². The Labute approximate surface area is 118 Å². The number of carboxylic acid groups (broad SMARTS) is 1. The Morgan fingerprint density at radius 1 is 1.30 bits per heavy atom. The maximum atomic E-state index is 12.6. The maximum Gasteiger partial charge on any atom is 0.123 e. The SMILES string of the molecule is C1=CC2CCC1C2.Cc1cc(F)ccc1C=CC(=O)[O-]. The quantitative estimate of drug-likeness (QED) is 0.614. The van der Waals surface area contributed by atoms with Crippen molar-refractivity contribution in [3.63, 3.8) is 0 Å². The number of carbonyl (C=O) groups excluding carboxylic acids is 1. The third kappa shape index (κ3) is 4.05. The molecular weight excluding hydrogens is 255 g/mol. The number of aryl methyl sites for hydroxylation is 1. The standard InChI is InChI=1S/C10H9FO2.C7H10/c1-7-6-9(11)4-2-8(7)3-5-10(12)13;1-2-7-4-3-6(1)5-7/h2-6H,1H3,(H,12,13);1-2,6-7H,3-5H2/p-1. The van der Waals surface area contributed by atoms with E-state index in [9.17, 15) is 14.3 Å². The maximum absolute atomic E-state index is 12.6. The summed E-state index contributed by atoms with van der Waals surface area (Å²) in [5.74, 6) is 0.391. The summed E-state index contributed by atoms with van der Waals surface area (Å²) in [5, 5.41) is 10.1. The Kier molecular flexibility index (Phi) is 4.72. The van der Waals surface area contributed by atoms with Gasteiger partial charge in [-0.2, -0.15) is 0 Å². The number of rotatable bonds is 2. The van der Waals surface area contributed by atoms with E-state index in [2.05, 4.69) is 12.2 Å². The van der Waals surface area contributed by atoms with E-state index in [-0.39, 0.29) is 5.82 Å². The van der Waals surface area contributed by atoms with Crippen molar-refractivity contribution < 1.29 is 14.3 Å². The minimum absolute atomic E-state index is 0.330. The molecule has 2 atom stereocenters. The molecule has 20 heavy (non-hydrogen) atoms. The van der Waals surface area contributed by atoms with Gasteiger partial charge in [0.05, 0.1) is 5.97 Å². The van der Waals surface area contributed by atoms with Gasteiger partial charge >= 0.3 is 0 Å². The molecule has 2 unspecified atom stereocenters. The molecule has 106 valence electrons. The predicted octanol–water partition coefficient (Wildman–Crippen LogP) is 2.87. The van der Waals surface area contributed by atoms with Crippen molar-refractivity contribution in [3.8, 4) is 0 Å². The largest absolute Gasteiger partial charge is 0.545 e. The van der Waals surface area contributed by atoms with Crippen molar-refractivity contribution in [1.82, 2.24) is 0 Å². The molecule has 0 N–H and O–H groups in total. The van der Waals surface area contributed by atoms with Crippen LogP contribution in [0.25, 0.3) is 6.08 Å². The van der Waals surface area contributed by atoms with Crippen LogP contribution in [0.3, 0.4) is 0 Å². The molecule has 1 aromatic rings. The van der Waals surface area contributed by atoms with E-state index in [1.165, 1.54) is 43.5 Å². The highest BCUT2D eigenvalue weighted by atomic mass is 19.1. The number of halogens is 1. The first-order valence-electron chi connectivity index (χ1n) is 6.88. The van der Waals surface area contributed by atoms with Gasteiger partial charge in [-0.3, -0.25) is 0 Å². The smallest absolute Gasteiger partial charge is 0.123 e. The van der Waals surface area contributed by atoms with Gasteiger partial charge in [0.25, 0.3) is 0 Å². The highest BCUT2D eigenvalue weighted by Gasteiger charge is 2.25. The van der Waals surface area contributed by atoms with Crippen LogP contribution in [0, 0.1) is 24.6 Å². The van der Waals surface area contributed by atoms with Crippen molar-refractivity contribution >= 4 is 12.0 Å². The molecule has 0 radical (unpaired) electrons. The van der Waals surface area contributed by atoms with E-state index in [0.717, 1.165) is 17.9 Å². The molecular formula is C17H18FO2-. The fraction of sp³-hybridized carbons (Fsp3) is 0.353. The zero-order valence-electron chi connectivity index (χ0n) is 11.5. The van der Waals surface area contributed by atoms with E-state index in [0.29, 0.717) is 11.1 Å². The van der Waals surface area contributed by atoms with Gasteiger partial charge in [0.1, 0.15) is 5.82 Å². The third-order valence-electron chi connectivity index (χ3n) is 3.80. The molecule has 0 saturated heterocycles. The van der Waals surface area contributed by atoms with Crippen molar-refractivity contribution in [3.05, 3.63) is 53.4 Å². The number of benzene rings is 1. The number of carbonyl (C=O) groups is 1. The third-order valence-corrected chi connectivity index (χ3v) is 3.80. The number of allylic oxidation sites excluding steroid dienone is 2. The number of hydrogen-bond donors (Lipinski definition) is 0. The lowest BCUT2D eigenvalue weighted by Gasteiger charge is -1.99. The number of fused-ring (bicyclic) bond motifs is 2. The lowest BCUT2D eigenvalue weighted by atomic mass is 10.1. The predicted molar refractivity (Wildman–Crippen MR) is 75.1 cm³/mol. The van der Waals surface area contributed by atoms with Crippen molar-refractivity contribution in [2.24, 2.45) is 11.8 Å². The van der Waals surface area contributed by atoms with Crippen LogP contribution < -0.4 is 5.11 Å². The van der Waals surface area contributed by atoms with Gasteiger partial charge in [-0.05, 0) is 67.4 Å². The first-order valence-corrected chi connectivity index (χ1v) is 6.88. The zero-order valence-corrected chi connectivity index (χ0v) is 11.5. The molecule has 1 aromatic carbocycles. The summed E-state index contributed by atoms with van der Waals surface area (Å²) in [6.45, 7) is 1.71. The average Bonchev–Trinajstić information content (AvgIpc) is 3.03. The Morgan fingerprint density at radius 3 is 2.35 bits per heavy atom. The molecule has 0 heterocycles. The Hall–Kier alpha value is -1.90. The Balaban J connectivity index is 0.000000173. The molecule has 2 aliphatic carbocycles. The normalized spacial score (nSPS) is 22.9. The fourth-order valence-electron chi connectivity index (χ4n) is 2.70. The van der Waals surface area contributed by atoms with Crippen LogP contribution in [0.1, 0.15) is 30.4 Å². The average molecular weight is 273 g/mol. The second-order valence-corrected chi connectivity index (χ2v) is 5.37. The van der Waals surface area contributed by atoms with Crippen LogP contribution in [0.4, 0.5) is 4.39 Å². The van der Waals surface area contributed by atoms with Crippen molar-refractivity contribution in [2.45, 2.75) is 26.2 Å². The Bertz CT molecular complexity index is 534. The minimum atomic E-state index is -1.26. The van der Waals surface area contributed by atoms with E-state index in [1.807, 2.05) is 0 Å². The molecule has 2 bridgehead atoms. The lowest BCUT2D eigenvalue weighted by molar-refractivity contribution is -0.297. The van der Waals surface area contributed by atoms with E-state index < -0.39 is 5.97 Å². The van der Waals surface area contributed by atoms with Gasteiger partial charge in [-0.25, -0.2) is 4.39 Å². The first-order chi connectivity index (χ1) is 9.54. The monoisotopic (exact) mass is 273 g/mol. The van der Waals surface area contributed by atoms with Crippen molar-refractivity contribution in [2.75, 3.05) is 0 Å². The summed E-state index contributed by atoms with van der Waals surface area (Å²) in [7, 11) is 0. The summed E-state index contributed by atoms with van der Waals surface area (Å²) >= 11 is 0. The lowest BCUT2D eigenvalue weighted by Crippen LogP contribution is -2.18. The van der Waals surface area contributed by atoms with Gasteiger partial charge in [-0.1, -0.05) is 24.3 Å². The van der Waals surface area contributed by atoms with Gasteiger partial charge in [0, 0.05) is 0 Å². The number of carboxylic acids is 1. The summed E-state index contributed by atoms with van der Waals surface area (Å²) < 4.78 is 12.6. The summed E-state index contributed by atoms with van der Waals surface area (Å²) in [6.07, 6.45) is 11.5. The molecule has 0 aromatic heterocycles. The van der Waals surface area contributed by atoms with Crippen LogP contribution in [0.5, 0.6) is 0 Å². The highest BCUT2D eigenvalue weighted by Crippen LogP contribution is 2.38. The van der Waals surface area contributed by atoms with E-state index in [1.54, 1.807) is 6.92 Å². The second-order valence-electron chi connectivity index (χ2n) is 5.37. The molecule has 1 fully saturated rings. The molecule has 0 amide bonds. The van der Waals surface area contributed by atoms with Crippen LogP contribution in [0.15, 0.2) is 36.4 Å². The first kappa shape index (κ1) is 14.5.